The molecule has 0 bridgehead atoms. The predicted octanol–water partition coefficient (Wildman–Crippen LogP) is 3.04. The first-order valence-electron chi connectivity index (χ1n) is 6.72. The zero-order chi connectivity index (χ0) is 18.0. The van der Waals surface area contributed by atoms with Gasteiger partial charge in [0.05, 0.1) is 26.2 Å². The summed E-state index contributed by atoms with van der Waals surface area (Å²) < 4.78 is 1.87. The summed E-state index contributed by atoms with van der Waals surface area (Å²) in [4.78, 5) is 33.1. The average molecular weight is 398 g/mol. The number of anilines is 1. The third-order valence-electron chi connectivity index (χ3n) is 3.31. The second-order valence-electron chi connectivity index (χ2n) is 4.76. The molecule has 24 heavy (non-hydrogen) atoms. The molecule has 1 amide bonds. The van der Waals surface area contributed by atoms with Gasteiger partial charge in [0, 0.05) is 18.7 Å². The van der Waals surface area contributed by atoms with Gasteiger partial charge in [0.15, 0.2) is 0 Å². The van der Waals surface area contributed by atoms with Crippen LogP contribution in [-0.2, 0) is 6.54 Å². The lowest BCUT2D eigenvalue weighted by atomic mass is 10.1. The molecular weight excluding hydrogens is 386 g/mol. The van der Waals surface area contributed by atoms with Crippen LogP contribution < -0.4 is 5.32 Å². The highest BCUT2D eigenvalue weighted by Crippen LogP contribution is 2.32. The molecule has 0 aliphatic heterocycles. The molecule has 126 valence electrons. The molecule has 2 rings (SSSR count). The summed E-state index contributed by atoms with van der Waals surface area (Å²) in [6, 6.07) is 2.17. The highest BCUT2D eigenvalue weighted by Gasteiger charge is 2.25. The van der Waals surface area contributed by atoms with Gasteiger partial charge in [0.1, 0.15) is 11.3 Å². The van der Waals surface area contributed by atoms with Crippen LogP contribution in [0.3, 0.4) is 0 Å². The van der Waals surface area contributed by atoms with Crippen LogP contribution in [0.15, 0.2) is 22.8 Å². The largest absolute Gasteiger partial charge is 0.320 e. The van der Waals surface area contributed by atoms with E-state index in [4.69, 9.17) is 0 Å². The standard InChI is InChI=1S/C13H12BrN5O5/c1-3-17-12(9(14)6-15-17)13(20)16-8-4-10(18(21)22)7(2)11(5-8)19(23)24/h4-6H,3H2,1-2H3,(H,16,20). The van der Waals surface area contributed by atoms with E-state index in [0.29, 0.717) is 11.0 Å². The minimum absolute atomic E-state index is 0.0419. The molecule has 1 N–H and O–H groups in total. The Hall–Kier alpha value is -2.82. The number of nitrogens with zero attached hydrogens (tertiary/aromatic N) is 4. The highest BCUT2D eigenvalue weighted by atomic mass is 79.9. The Morgan fingerprint density at radius 1 is 1.29 bits per heavy atom. The molecule has 1 heterocycles. The Morgan fingerprint density at radius 3 is 2.29 bits per heavy atom. The number of carbonyl (C=O) groups is 1. The number of hydrogen-bond acceptors (Lipinski definition) is 6. The number of nitro benzene ring substituents is 2. The third-order valence-corrected chi connectivity index (χ3v) is 3.89. The molecule has 0 saturated carbocycles. The van der Waals surface area contributed by atoms with E-state index in [-0.39, 0.29) is 16.9 Å². The zero-order valence-corrected chi connectivity index (χ0v) is 14.2. The summed E-state index contributed by atoms with van der Waals surface area (Å²) in [5, 5.41) is 28.6. The number of nitro groups is 2. The van der Waals surface area contributed by atoms with Crippen molar-refractivity contribution in [2.45, 2.75) is 20.4 Å². The summed E-state index contributed by atoms with van der Waals surface area (Å²) in [6.07, 6.45) is 1.44. The van der Waals surface area contributed by atoms with E-state index in [1.54, 1.807) is 6.92 Å². The summed E-state index contributed by atoms with van der Waals surface area (Å²) in [7, 11) is 0. The van der Waals surface area contributed by atoms with Gasteiger partial charge in [-0.3, -0.25) is 29.7 Å². The van der Waals surface area contributed by atoms with Crippen molar-refractivity contribution in [3.63, 3.8) is 0 Å². The molecule has 0 unspecified atom stereocenters. The van der Waals surface area contributed by atoms with Gasteiger partial charge in [-0.2, -0.15) is 5.10 Å². The molecule has 0 spiro atoms. The maximum atomic E-state index is 12.4. The summed E-state index contributed by atoms with van der Waals surface area (Å²) >= 11 is 3.20. The molecule has 10 nitrogen and oxygen atoms in total. The van der Waals surface area contributed by atoms with Gasteiger partial charge < -0.3 is 5.32 Å². The number of nitrogens with one attached hydrogen (secondary N) is 1. The number of hydrogen-bond donors (Lipinski definition) is 1. The molecule has 0 radical (unpaired) electrons. The lowest BCUT2D eigenvalue weighted by Crippen LogP contribution is -2.18. The second-order valence-corrected chi connectivity index (χ2v) is 5.62. The smallest absolute Gasteiger partial charge is 0.281 e. The fourth-order valence-corrected chi connectivity index (χ4v) is 2.63. The fourth-order valence-electron chi connectivity index (χ4n) is 2.15. The van der Waals surface area contributed by atoms with E-state index in [2.05, 4.69) is 26.3 Å². The van der Waals surface area contributed by atoms with E-state index >= 15 is 0 Å². The van der Waals surface area contributed by atoms with Crippen LogP contribution in [0.1, 0.15) is 23.0 Å². The Balaban J connectivity index is 2.46. The highest BCUT2D eigenvalue weighted by molar-refractivity contribution is 9.10. The average Bonchev–Trinajstić information content (AvgIpc) is 2.89. The maximum Gasteiger partial charge on any atom is 0.281 e. The van der Waals surface area contributed by atoms with Gasteiger partial charge in [0.2, 0.25) is 0 Å². The van der Waals surface area contributed by atoms with Crippen LogP contribution in [0.4, 0.5) is 17.1 Å². The molecule has 1 aromatic carbocycles. The normalized spacial score (nSPS) is 10.5. The topological polar surface area (TPSA) is 133 Å². The van der Waals surface area contributed by atoms with Crippen molar-refractivity contribution < 1.29 is 14.6 Å². The van der Waals surface area contributed by atoms with Crippen LogP contribution in [0.25, 0.3) is 0 Å². The molecule has 1 aromatic heterocycles. The van der Waals surface area contributed by atoms with Crippen molar-refractivity contribution in [1.29, 1.82) is 0 Å². The first-order chi connectivity index (χ1) is 11.3. The minimum atomic E-state index is -0.732. The van der Waals surface area contributed by atoms with Gasteiger partial charge in [-0.1, -0.05) is 0 Å². The Bertz CT molecular complexity index is 812. The molecule has 2 aromatic rings. The zero-order valence-electron chi connectivity index (χ0n) is 12.6. The van der Waals surface area contributed by atoms with Crippen molar-refractivity contribution >= 4 is 38.9 Å². The van der Waals surface area contributed by atoms with E-state index in [0.717, 1.165) is 12.1 Å². The van der Waals surface area contributed by atoms with E-state index in [1.807, 2.05) is 0 Å². The maximum absolute atomic E-state index is 12.4. The van der Waals surface area contributed by atoms with E-state index in [9.17, 15) is 25.0 Å². The molecule has 0 aliphatic carbocycles. The molecule has 11 heteroatoms. The fraction of sp³-hybridized carbons (Fsp3) is 0.231. The first-order valence-corrected chi connectivity index (χ1v) is 7.51. The van der Waals surface area contributed by atoms with Gasteiger partial charge in [-0.25, -0.2) is 0 Å². The van der Waals surface area contributed by atoms with Gasteiger partial charge in [0.25, 0.3) is 17.3 Å². The van der Waals surface area contributed by atoms with Crippen LogP contribution in [0.2, 0.25) is 0 Å². The molecule has 0 fully saturated rings. The molecular formula is C13H12BrN5O5. The summed E-state index contributed by atoms with van der Waals surface area (Å²) in [6.45, 7) is 3.50. The van der Waals surface area contributed by atoms with Crippen molar-refractivity contribution in [2.24, 2.45) is 0 Å². The van der Waals surface area contributed by atoms with Crippen molar-refractivity contribution in [3.05, 3.63) is 54.3 Å². The second kappa shape index (κ2) is 6.74. The first kappa shape index (κ1) is 17.5. The van der Waals surface area contributed by atoms with Crippen molar-refractivity contribution in [1.82, 2.24) is 9.78 Å². The molecule has 0 aliphatic rings. The lowest BCUT2D eigenvalue weighted by Gasteiger charge is -2.08. The van der Waals surface area contributed by atoms with Crippen LogP contribution in [-0.4, -0.2) is 25.5 Å². The quantitative estimate of drug-likeness (QED) is 0.608. The number of rotatable bonds is 5. The van der Waals surface area contributed by atoms with E-state index < -0.39 is 27.1 Å². The van der Waals surface area contributed by atoms with Gasteiger partial charge in [-0.05, 0) is 29.8 Å². The Labute approximate surface area is 143 Å². The monoisotopic (exact) mass is 397 g/mol. The lowest BCUT2D eigenvalue weighted by molar-refractivity contribution is -0.395. The van der Waals surface area contributed by atoms with Gasteiger partial charge >= 0.3 is 0 Å². The molecule has 0 saturated heterocycles. The van der Waals surface area contributed by atoms with Crippen molar-refractivity contribution in [2.75, 3.05) is 5.32 Å². The number of aromatic nitrogens is 2. The number of carbonyl (C=O) groups excluding carboxylic acids is 1. The SMILES string of the molecule is CCn1ncc(Br)c1C(=O)Nc1cc([N+](=O)[O-])c(C)c([N+](=O)[O-])c1. The van der Waals surface area contributed by atoms with Crippen LogP contribution >= 0.6 is 15.9 Å². The van der Waals surface area contributed by atoms with Crippen molar-refractivity contribution in [3.8, 4) is 0 Å². The number of halogens is 1. The number of benzene rings is 1. The summed E-state index contributed by atoms with van der Waals surface area (Å²) in [5.74, 6) is -0.589. The van der Waals surface area contributed by atoms with Crippen LogP contribution in [0.5, 0.6) is 0 Å². The third kappa shape index (κ3) is 3.25. The molecule has 0 atom stereocenters. The minimum Gasteiger partial charge on any atom is -0.320 e. The Morgan fingerprint density at radius 2 is 1.83 bits per heavy atom. The summed E-state index contributed by atoms with van der Waals surface area (Å²) in [5.41, 5.74) is -0.795. The van der Waals surface area contributed by atoms with E-state index in [1.165, 1.54) is 17.8 Å². The van der Waals surface area contributed by atoms with Gasteiger partial charge in [-0.15, -0.1) is 0 Å². The Kier molecular flexibility index (Phi) is 4.93. The predicted molar refractivity (Wildman–Crippen MR) is 88.0 cm³/mol. The number of aryl methyl sites for hydroxylation is 1. The number of amides is 1. The van der Waals surface area contributed by atoms with Crippen LogP contribution in [0, 0.1) is 27.2 Å².